The van der Waals surface area contributed by atoms with Gasteiger partial charge in [-0.3, -0.25) is 4.79 Å². The van der Waals surface area contributed by atoms with Crippen LogP contribution in [0.25, 0.3) is 0 Å². The van der Waals surface area contributed by atoms with Gasteiger partial charge in [-0.2, -0.15) is 5.10 Å². The first-order chi connectivity index (χ1) is 9.70. The van der Waals surface area contributed by atoms with Crippen molar-refractivity contribution in [1.82, 2.24) is 9.78 Å². The maximum Gasteiger partial charge on any atom is 0.291 e. The highest BCUT2D eigenvalue weighted by molar-refractivity contribution is 9.10. The van der Waals surface area contributed by atoms with Gasteiger partial charge in [0.25, 0.3) is 5.56 Å². The molecular formula is C14H21BrN4O. The van der Waals surface area contributed by atoms with Crippen molar-refractivity contribution < 1.29 is 0 Å². The minimum atomic E-state index is 0.0200. The lowest BCUT2D eigenvalue weighted by molar-refractivity contribution is 0.261. The van der Waals surface area contributed by atoms with Gasteiger partial charge in [-0.1, -0.05) is 6.42 Å². The van der Waals surface area contributed by atoms with Crippen LogP contribution in [0.2, 0.25) is 0 Å². The van der Waals surface area contributed by atoms with E-state index in [0.29, 0.717) is 12.5 Å². The molecule has 2 heterocycles. The van der Waals surface area contributed by atoms with Crippen LogP contribution in [0.15, 0.2) is 15.5 Å². The third kappa shape index (κ3) is 2.51. The van der Waals surface area contributed by atoms with Crippen LogP contribution >= 0.6 is 15.9 Å². The molecule has 1 aliphatic carbocycles. The minimum Gasteiger partial charge on any atom is -0.362 e. The highest BCUT2D eigenvalue weighted by Gasteiger charge is 2.28. The summed E-state index contributed by atoms with van der Waals surface area (Å²) in [6.45, 7) is 2.25. The Labute approximate surface area is 127 Å². The smallest absolute Gasteiger partial charge is 0.291 e. The second-order valence-electron chi connectivity index (χ2n) is 5.85. The molecule has 0 aromatic carbocycles. The van der Waals surface area contributed by atoms with Gasteiger partial charge >= 0.3 is 0 Å². The van der Waals surface area contributed by atoms with Crippen LogP contribution < -0.4 is 16.2 Å². The Morgan fingerprint density at radius 3 is 2.80 bits per heavy atom. The van der Waals surface area contributed by atoms with Gasteiger partial charge in [0.2, 0.25) is 0 Å². The first kappa shape index (κ1) is 14.1. The van der Waals surface area contributed by atoms with E-state index >= 15 is 0 Å². The van der Waals surface area contributed by atoms with Gasteiger partial charge in [-0.15, -0.1) is 0 Å². The zero-order valence-corrected chi connectivity index (χ0v) is 13.2. The molecule has 2 N–H and O–H groups in total. The molecule has 3 rings (SSSR count). The lowest BCUT2D eigenvalue weighted by atomic mass is 9.85. The molecule has 5 nitrogen and oxygen atoms in total. The number of nitrogens with two attached hydrogens (primary N) is 1. The van der Waals surface area contributed by atoms with Crippen molar-refractivity contribution in [3.63, 3.8) is 0 Å². The summed E-state index contributed by atoms with van der Waals surface area (Å²) in [6.07, 6.45) is 7.63. The predicted molar refractivity (Wildman–Crippen MR) is 83.0 cm³/mol. The Bertz CT molecular complexity index is 540. The van der Waals surface area contributed by atoms with E-state index in [2.05, 4.69) is 25.9 Å². The van der Waals surface area contributed by atoms with Crippen molar-refractivity contribution in [2.75, 3.05) is 18.0 Å². The number of hydrogen-bond acceptors (Lipinski definition) is 4. The molecule has 1 aromatic rings. The van der Waals surface area contributed by atoms with E-state index in [1.54, 1.807) is 10.9 Å². The minimum absolute atomic E-state index is 0.0200. The Hall–Kier alpha value is -0.880. The lowest BCUT2D eigenvalue weighted by Gasteiger charge is -2.28. The van der Waals surface area contributed by atoms with Gasteiger partial charge in [0.05, 0.1) is 10.7 Å². The van der Waals surface area contributed by atoms with Crippen LogP contribution in [0.5, 0.6) is 0 Å². The van der Waals surface area contributed by atoms with Gasteiger partial charge in [-0.05, 0) is 47.5 Å². The predicted octanol–water partition coefficient (Wildman–Crippen LogP) is 1.73. The van der Waals surface area contributed by atoms with Crippen molar-refractivity contribution in [1.29, 1.82) is 0 Å². The summed E-state index contributed by atoms with van der Waals surface area (Å²) < 4.78 is 2.42. The molecule has 0 radical (unpaired) electrons. The van der Waals surface area contributed by atoms with Crippen LogP contribution in [0.3, 0.4) is 0 Å². The fraction of sp³-hybridized carbons (Fsp3) is 0.714. The summed E-state index contributed by atoms with van der Waals surface area (Å²) in [4.78, 5) is 14.9. The molecule has 1 atom stereocenters. The quantitative estimate of drug-likeness (QED) is 0.906. The maximum absolute atomic E-state index is 12.7. The fourth-order valence-corrected chi connectivity index (χ4v) is 3.63. The summed E-state index contributed by atoms with van der Waals surface area (Å²) in [5.41, 5.74) is 6.59. The summed E-state index contributed by atoms with van der Waals surface area (Å²) in [6, 6.07) is 0.276. The summed E-state index contributed by atoms with van der Waals surface area (Å²) in [7, 11) is 0. The van der Waals surface area contributed by atoms with Crippen molar-refractivity contribution in [3.05, 3.63) is 21.0 Å². The van der Waals surface area contributed by atoms with E-state index in [-0.39, 0.29) is 11.6 Å². The number of aromatic nitrogens is 2. The highest BCUT2D eigenvalue weighted by Crippen LogP contribution is 2.30. The Morgan fingerprint density at radius 1 is 1.35 bits per heavy atom. The standard InChI is InChI=1S/C14H21BrN4O/c15-12-8-17-19(9-10-3-1-4-10)14(20)13(12)18-6-2-5-11(18)7-16/h8,10-11H,1-7,9,16H2. The molecule has 20 heavy (non-hydrogen) atoms. The maximum atomic E-state index is 12.7. The molecule has 0 amide bonds. The number of hydrogen-bond donors (Lipinski definition) is 1. The largest absolute Gasteiger partial charge is 0.362 e. The zero-order chi connectivity index (χ0) is 14.1. The number of nitrogens with zero attached hydrogens (tertiary/aromatic N) is 3. The zero-order valence-electron chi connectivity index (χ0n) is 11.6. The molecule has 110 valence electrons. The van der Waals surface area contributed by atoms with Crippen molar-refractivity contribution in [2.24, 2.45) is 11.7 Å². The second kappa shape index (κ2) is 5.85. The number of rotatable bonds is 4. The molecule has 2 aliphatic rings. The van der Waals surface area contributed by atoms with E-state index < -0.39 is 0 Å². The Balaban J connectivity index is 1.92. The van der Waals surface area contributed by atoms with E-state index in [0.717, 1.165) is 36.1 Å². The van der Waals surface area contributed by atoms with Gasteiger partial charge < -0.3 is 10.6 Å². The topological polar surface area (TPSA) is 64.2 Å². The average molecular weight is 341 g/mol. The van der Waals surface area contributed by atoms with Crippen molar-refractivity contribution in [3.8, 4) is 0 Å². The summed E-state index contributed by atoms with van der Waals surface area (Å²) in [5.74, 6) is 0.623. The van der Waals surface area contributed by atoms with E-state index in [4.69, 9.17) is 5.73 Å². The average Bonchev–Trinajstić information content (AvgIpc) is 2.84. The fourth-order valence-electron chi connectivity index (χ4n) is 3.14. The van der Waals surface area contributed by atoms with Crippen LogP contribution in [0.1, 0.15) is 32.1 Å². The normalized spacial score (nSPS) is 23.1. The van der Waals surface area contributed by atoms with Crippen molar-refractivity contribution in [2.45, 2.75) is 44.7 Å². The van der Waals surface area contributed by atoms with Crippen LogP contribution in [0, 0.1) is 5.92 Å². The molecule has 6 heteroatoms. The Kier molecular flexibility index (Phi) is 4.12. The first-order valence-electron chi connectivity index (χ1n) is 7.43. The van der Waals surface area contributed by atoms with Crippen LogP contribution in [0.4, 0.5) is 5.69 Å². The van der Waals surface area contributed by atoms with Gasteiger partial charge in [0.15, 0.2) is 0 Å². The molecule has 1 unspecified atom stereocenters. The van der Waals surface area contributed by atoms with Crippen molar-refractivity contribution >= 4 is 21.6 Å². The van der Waals surface area contributed by atoms with Gasteiger partial charge in [0, 0.05) is 25.7 Å². The molecule has 2 fully saturated rings. The van der Waals surface area contributed by atoms with Gasteiger partial charge in [0.1, 0.15) is 5.69 Å². The first-order valence-corrected chi connectivity index (χ1v) is 8.22. The molecule has 1 aromatic heterocycles. The molecule has 1 saturated heterocycles. The van der Waals surface area contributed by atoms with E-state index in [9.17, 15) is 4.79 Å². The molecule has 0 spiro atoms. The van der Waals surface area contributed by atoms with Gasteiger partial charge in [-0.25, -0.2) is 4.68 Å². The van der Waals surface area contributed by atoms with E-state index in [1.807, 2.05) is 0 Å². The molecular weight excluding hydrogens is 320 g/mol. The Morgan fingerprint density at radius 2 is 2.15 bits per heavy atom. The summed E-state index contributed by atoms with van der Waals surface area (Å²) in [5, 5.41) is 4.28. The highest BCUT2D eigenvalue weighted by atomic mass is 79.9. The van der Waals surface area contributed by atoms with Crippen LogP contribution in [-0.2, 0) is 6.54 Å². The monoisotopic (exact) mass is 340 g/mol. The molecule has 1 saturated carbocycles. The third-order valence-corrected chi connectivity index (χ3v) is 5.15. The molecule has 0 bridgehead atoms. The third-order valence-electron chi connectivity index (χ3n) is 4.57. The number of anilines is 1. The summed E-state index contributed by atoms with van der Waals surface area (Å²) >= 11 is 3.49. The second-order valence-corrected chi connectivity index (χ2v) is 6.70. The molecule has 1 aliphatic heterocycles. The van der Waals surface area contributed by atoms with Crippen LogP contribution in [-0.4, -0.2) is 28.9 Å². The SMILES string of the molecule is NCC1CCCN1c1c(Br)cnn(CC2CCC2)c1=O. The lowest BCUT2D eigenvalue weighted by Crippen LogP contribution is -2.41. The van der Waals surface area contributed by atoms with E-state index in [1.165, 1.54) is 19.3 Å². The number of halogens is 1.